The molecule has 0 fully saturated rings. The van der Waals surface area contributed by atoms with Crippen molar-refractivity contribution in [3.8, 4) is 0 Å². The number of carbonyl (C=O) groups is 2. The molecule has 1 N–H and O–H groups in total. The summed E-state index contributed by atoms with van der Waals surface area (Å²) >= 11 is 0. The number of aryl methyl sites for hydroxylation is 2. The Morgan fingerprint density at radius 2 is 1.95 bits per heavy atom. The molecule has 0 bridgehead atoms. The van der Waals surface area contributed by atoms with E-state index in [0.29, 0.717) is 0 Å². The van der Waals surface area contributed by atoms with Gasteiger partial charge in [0.25, 0.3) is 0 Å². The summed E-state index contributed by atoms with van der Waals surface area (Å²) in [5.41, 5.74) is 2.84. The third-order valence-electron chi connectivity index (χ3n) is 3.15. The number of esters is 1. The molecule has 2 aromatic rings. The van der Waals surface area contributed by atoms with Gasteiger partial charge in [-0.25, -0.2) is 4.79 Å². The predicted octanol–water partition coefficient (Wildman–Crippen LogP) is 2.13. The Labute approximate surface area is 110 Å². The minimum atomic E-state index is -0.955. The van der Waals surface area contributed by atoms with Crippen molar-refractivity contribution in [2.75, 3.05) is 7.11 Å². The largest absolute Gasteiger partial charge is 0.478 e. The van der Waals surface area contributed by atoms with Gasteiger partial charge in [-0.05, 0) is 37.6 Å². The molecular weight excluding hydrogens is 246 g/mol. The smallest absolute Gasteiger partial charge is 0.335 e. The summed E-state index contributed by atoms with van der Waals surface area (Å²) in [6.07, 6.45) is 0. The van der Waals surface area contributed by atoms with Crippen LogP contribution >= 0.6 is 0 Å². The molecule has 1 aromatic heterocycles. The van der Waals surface area contributed by atoms with Gasteiger partial charge in [0.2, 0.25) is 0 Å². The summed E-state index contributed by atoms with van der Waals surface area (Å²) < 4.78 is 6.51. The Bertz CT molecular complexity index is 670. The lowest BCUT2D eigenvalue weighted by molar-refractivity contribution is -0.141. The number of benzene rings is 1. The van der Waals surface area contributed by atoms with Crippen molar-refractivity contribution in [2.45, 2.75) is 20.4 Å². The van der Waals surface area contributed by atoms with Crippen LogP contribution in [-0.2, 0) is 16.1 Å². The molecule has 100 valence electrons. The van der Waals surface area contributed by atoms with Crippen LogP contribution < -0.4 is 0 Å². The molecule has 0 aliphatic heterocycles. The maximum Gasteiger partial charge on any atom is 0.335 e. The summed E-state index contributed by atoms with van der Waals surface area (Å²) in [6, 6.07) is 5.10. The molecule has 0 aliphatic carbocycles. The number of aromatic nitrogens is 1. The highest BCUT2D eigenvalue weighted by molar-refractivity contribution is 5.95. The number of rotatable bonds is 3. The van der Waals surface area contributed by atoms with E-state index >= 15 is 0 Å². The number of hydrogen-bond acceptors (Lipinski definition) is 3. The normalized spacial score (nSPS) is 10.7. The second-order valence-corrected chi connectivity index (χ2v) is 4.48. The van der Waals surface area contributed by atoms with E-state index in [1.165, 1.54) is 7.11 Å². The van der Waals surface area contributed by atoms with E-state index in [9.17, 15) is 9.59 Å². The quantitative estimate of drug-likeness (QED) is 0.859. The molecule has 0 spiro atoms. The van der Waals surface area contributed by atoms with Crippen LogP contribution in [0.4, 0.5) is 0 Å². The van der Waals surface area contributed by atoms with Crippen molar-refractivity contribution in [3.63, 3.8) is 0 Å². The van der Waals surface area contributed by atoms with Crippen LogP contribution in [0.1, 0.15) is 21.6 Å². The molecule has 5 heteroatoms. The van der Waals surface area contributed by atoms with Gasteiger partial charge in [0.05, 0.1) is 18.2 Å². The van der Waals surface area contributed by atoms with E-state index in [4.69, 9.17) is 5.11 Å². The molecule has 1 aromatic carbocycles. The van der Waals surface area contributed by atoms with Gasteiger partial charge in [0.1, 0.15) is 6.54 Å². The first-order chi connectivity index (χ1) is 8.93. The standard InChI is InChI=1S/C14H15NO4/c1-8-4-11(14(17)18)6-10-5-9(2)15(13(8)10)7-12(16)19-3/h4-6H,7H2,1-3H3,(H,17,18). The Balaban J connectivity index is 2.63. The average Bonchev–Trinajstić information content (AvgIpc) is 2.66. The summed E-state index contributed by atoms with van der Waals surface area (Å²) in [6.45, 7) is 3.84. The predicted molar refractivity (Wildman–Crippen MR) is 70.4 cm³/mol. The Morgan fingerprint density at radius 1 is 1.26 bits per heavy atom. The number of carboxylic acid groups (broad SMARTS) is 1. The highest BCUT2D eigenvalue weighted by Crippen LogP contribution is 2.25. The Morgan fingerprint density at radius 3 is 2.53 bits per heavy atom. The van der Waals surface area contributed by atoms with Gasteiger partial charge in [0.15, 0.2) is 0 Å². The zero-order valence-electron chi connectivity index (χ0n) is 11.1. The van der Waals surface area contributed by atoms with Gasteiger partial charge >= 0.3 is 11.9 Å². The van der Waals surface area contributed by atoms with Crippen LogP contribution in [0.15, 0.2) is 18.2 Å². The molecule has 1 heterocycles. The van der Waals surface area contributed by atoms with Crippen LogP contribution in [-0.4, -0.2) is 28.7 Å². The molecule has 0 saturated carbocycles. The van der Waals surface area contributed by atoms with Crippen LogP contribution in [0, 0.1) is 13.8 Å². The molecule has 0 unspecified atom stereocenters. The lowest BCUT2D eigenvalue weighted by Crippen LogP contribution is -2.13. The molecule has 0 radical (unpaired) electrons. The molecule has 0 atom stereocenters. The zero-order valence-corrected chi connectivity index (χ0v) is 11.1. The van der Waals surface area contributed by atoms with Crippen molar-refractivity contribution in [2.24, 2.45) is 0 Å². The monoisotopic (exact) mass is 261 g/mol. The van der Waals surface area contributed by atoms with Gasteiger partial charge in [-0.2, -0.15) is 0 Å². The number of hydrogen-bond donors (Lipinski definition) is 1. The second kappa shape index (κ2) is 4.76. The van der Waals surface area contributed by atoms with Crippen molar-refractivity contribution >= 4 is 22.8 Å². The topological polar surface area (TPSA) is 68.5 Å². The van der Waals surface area contributed by atoms with E-state index in [2.05, 4.69) is 4.74 Å². The minimum Gasteiger partial charge on any atom is -0.478 e. The van der Waals surface area contributed by atoms with Gasteiger partial charge in [-0.1, -0.05) is 0 Å². The van der Waals surface area contributed by atoms with Gasteiger partial charge in [0, 0.05) is 11.1 Å². The third-order valence-corrected chi connectivity index (χ3v) is 3.15. The summed E-state index contributed by atoms with van der Waals surface area (Å²) in [5.74, 6) is -1.29. The van der Waals surface area contributed by atoms with Crippen molar-refractivity contribution < 1.29 is 19.4 Å². The van der Waals surface area contributed by atoms with Crippen molar-refractivity contribution in [1.82, 2.24) is 4.57 Å². The highest BCUT2D eigenvalue weighted by Gasteiger charge is 2.14. The van der Waals surface area contributed by atoms with Gasteiger partial charge < -0.3 is 14.4 Å². The number of aromatic carboxylic acids is 1. The van der Waals surface area contributed by atoms with Crippen molar-refractivity contribution in [1.29, 1.82) is 0 Å². The van der Waals surface area contributed by atoms with Crippen LogP contribution in [0.5, 0.6) is 0 Å². The summed E-state index contributed by atoms with van der Waals surface area (Å²) in [4.78, 5) is 22.5. The third kappa shape index (κ3) is 2.31. The molecule has 5 nitrogen and oxygen atoms in total. The van der Waals surface area contributed by atoms with E-state index in [0.717, 1.165) is 22.2 Å². The highest BCUT2D eigenvalue weighted by atomic mass is 16.5. The molecule has 0 aliphatic rings. The molecule has 2 rings (SSSR count). The van der Waals surface area contributed by atoms with E-state index in [-0.39, 0.29) is 18.1 Å². The van der Waals surface area contributed by atoms with E-state index < -0.39 is 5.97 Å². The number of ether oxygens (including phenoxy) is 1. The Hall–Kier alpha value is -2.30. The fourth-order valence-electron chi connectivity index (χ4n) is 2.29. The number of nitrogens with zero attached hydrogens (tertiary/aromatic N) is 1. The van der Waals surface area contributed by atoms with Gasteiger partial charge in [-0.3, -0.25) is 4.79 Å². The summed E-state index contributed by atoms with van der Waals surface area (Å²) in [5, 5.41) is 9.87. The zero-order chi connectivity index (χ0) is 14.2. The maximum absolute atomic E-state index is 11.4. The van der Waals surface area contributed by atoms with Crippen LogP contribution in [0.3, 0.4) is 0 Å². The molecule has 0 amide bonds. The number of fused-ring (bicyclic) bond motifs is 1. The van der Waals surface area contributed by atoms with E-state index in [1.807, 2.05) is 24.5 Å². The fourth-order valence-corrected chi connectivity index (χ4v) is 2.29. The first-order valence-corrected chi connectivity index (χ1v) is 5.84. The van der Waals surface area contributed by atoms with E-state index in [1.54, 1.807) is 12.1 Å². The average molecular weight is 261 g/mol. The van der Waals surface area contributed by atoms with Crippen LogP contribution in [0.2, 0.25) is 0 Å². The fraction of sp³-hybridized carbons (Fsp3) is 0.286. The van der Waals surface area contributed by atoms with Crippen LogP contribution in [0.25, 0.3) is 10.9 Å². The first kappa shape index (κ1) is 13.1. The number of carboxylic acids is 1. The lowest BCUT2D eigenvalue weighted by Gasteiger charge is -2.09. The lowest BCUT2D eigenvalue weighted by atomic mass is 10.1. The van der Waals surface area contributed by atoms with Crippen molar-refractivity contribution in [3.05, 3.63) is 35.0 Å². The number of methoxy groups -OCH3 is 1. The molecule has 19 heavy (non-hydrogen) atoms. The second-order valence-electron chi connectivity index (χ2n) is 4.48. The van der Waals surface area contributed by atoms with Gasteiger partial charge in [-0.15, -0.1) is 0 Å². The molecular formula is C14H15NO4. The summed E-state index contributed by atoms with van der Waals surface area (Å²) in [7, 11) is 1.35. The SMILES string of the molecule is COC(=O)Cn1c(C)cc2cc(C(=O)O)cc(C)c21. The maximum atomic E-state index is 11.4. The number of carbonyl (C=O) groups excluding carboxylic acids is 1. The minimum absolute atomic E-state index is 0.124. The Kier molecular flexibility index (Phi) is 3.29. The molecule has 0 saturated heterocycles. The first-order valence-electron chi connectivity index (χ1n) is 5.84.